The Labute approximate surface area is 361 Å². The third-order valence-electron chi connectivity index (χ3n) is 11.0. The fourth-order valence-electron chi connectivity index (χ4n) is 7.21. The van der Waals surface area contributed by atoms with Crippen LogP contribution < -0.4 is 0 Å². The number of aliphatic hydroxyl groups is 4. The monoisotopic (exact) mass is 835 g/mol. The number of rotatable bonds is 41. The molecular weight excluding hydrogens is 745 g/mol. The molecule has 0 amide bonds. The quantitative estimate of drug-likeness (QED) is 0.0270. The van der Waals surface area contributed by atoms with Gasteiger partial charge in [-0.25, -0.2) is 0 Å². The van der Waals surface area contributed by atoms with Crippen LogP contribution in [0.1, 0.15) is 200 Å². The van der Waals surface area contributed by atoms with Gasteiger partial charge in [-0.3, -0.25) is 4.79 Å². The number of allylic oxidation sites excluding steroid dienone is 8. The molecule has 1 fully saturated rings. The molecule has 344 valence electrons. The third-order valence-corrected chi connectivity index (χ3v) is 11.0. The van der Waals surface area contributed by atoms with E-state index in [2.05, 4.69) is 62.5 Å². The van der Waals surface area contributed by atoms with Crippen molar-refractivity contribution < 1.29 is 44.2 Å². The molecule has 0 aromatic heterocycles. The van der Waals surface area contributed by atoms with Gasteiger partial charge in [-0.15, -0.1) is 0 Å². The minimum atomic E-state index is -1.54. The van der Waals surface area contributed by atoms with E-state index < -0.39 is 43.4 Å². The SMILES string of the molecule is CC/C=C\C/C=C\C/C=C\CCCCCCCCCC(=O)OC(COCCCCCCCCCC/C=C\CCCCCCCCC)COC1OC(CO)C(O)C(O)C1O. The summed E-state index contributed by atoms with van der Waals surface area (Å²) < 4.78 is 22.9. The van der Waals surface area contributed by atoms with Gasteiger partial charge in [0.2, 0.25) is 0 Å². The first-order chi connectivity index (χ1) is 28.9. The Morgan fingerprint density at radius 1 is 0.559 bits per heavy atom. The molecule has 4 N–H and O–H groups in total. The average Bonchev–Trinajstić information content (AvgIpc) is 3.24. The van der Waals surface area contributed by atoms with Gasteiger partial charge in [0, 0.05) is 13.0 Å². The van der Waals surface area contributed by atoms with E-state index in [0.29, 0.717) is 13.0 Å². The second kappa shape index (κ2) is 41.5. The molecule has 6 atom stereocenters. The molecule has 1 saturated heterocycles. The Morgan fingerprint density at radius 2 is 1.03 bits per heavy atom. The average molecular weight is 835 g/mol. The van der Waals surface area contributed by atoms with Gasteiger partial charge in [-0.1, -0.05) is 172 Å². The van der Waals surface area contributed by atoms with Gasteiger partial charge in [0.05, 0.1) is 19.8 Å². The van der Waals surface area contributed by atoms with Gasteiger partial charge in [0.25, 0.3) is 0 Å². The van der Waals surface area contributed by atoms with Gasteiger partial charge >= 0.3 is 5.97 Å². The molecule has 0 spiro atoms. The molecule has 1 aliphatic heterocycles. The molecule has 9 nitrogen and oxygen atoms in total. The van der Waals surface area contributed by atoms with Gasteiger partial charge in [-0.05, 0) is 70.6 Å². The number of hydrogen-bond donors (Lipinski definition) is 4. The minimum absolute atomic E-state index is 0.119. The molecular formula is C50H90O9. The number of aliphatic hydroxyl groups excluding tert-OH is 4. The first-order valence-electron chi connectivity index (χ1n) is 24.2. The van der Waals surface area contributed by atoms with E-state index >= 15 is 0 Å². The molecule has 0 aromatic rings. The molecule has 6 unspecified atom stereocenters. The Bertz CT molecular complexity index is 1040. The standard InChI is InChI=1S/C50H90O9/c1-3-5-7-9-11-13-15-17-19-21-22-24-26-28-30-32-34-36-38-40-56-42-44(43-57-50-49(55)48(54)47(53)45(41-51)59-50)58-46(52)39-37-35-33-31-29-27-25-23-20-18-16-14-12-10-8-6-4-2/h6,8,12,14,18-21,44-45,47-51,53-55H,3-5,7,9-11,13,15-17,22-43H2,1-2H3/b8-6-,14-12-,20-18-,21-19-. The van der Waals surface area contributed by atoms with Crippen LogP contribution in [-0.4, -0.2) is 89.6 Å². The summed E-state index contributed by atoms with van der Waals surface area (Å²) in [7, 11) is 0. The number of carbonyl (C=O) groups is 1. The molecule has 1 heterocycles. The van der Waals surface area contributed by atoms with Crippen LogP contribution in [0, 0.1) is 0 Å². The van der Waals surface area contributed by atoms with E-state index in [1.165, 1.54) is 116 Å². The predicted molar refractivity (Wildman–Crippen MR) is 242 cm³/mol. The number of unbranched alkanes of at least 4 members (excludes halogenated alkanes) is 22. The van der Waals surface area contributed by atoms with Gasteiger partial charge in [0.1, 0.15) is 30.5 Å². The normalized spacial score (nSPS) is 20.5. The van der Waals surface area contributed by atoms with Crippen molar-refractivity contribution in [3.8, 4) is 0 Å². The molecule has 0 radical (unpaired) electrons. The van der Waals surface area contributed by atoms with Crippen molar-refractivity contribution in [1.29, 1.82) is 0 Å². The molecule has 1 rings (SSSR count). The zero-order valence-corrected chi connectivity index (χ0v) is 37.7. The Balaban J connectivity index is 2.24. The lowest BCUT2D eigenvalue weighted by Crippen LogP contribution is -2.59. The highest BCUT2D eigenvalue weighted by Crippen LogP contribution is 2.22. The lowest BCUT2D eigenvalue weighted by atomic mass is 9.99. The van der Waals surface area contributed by atoms with Crippen molar-refractivity contribution in [1.82, 2.24) is 0 Å². The van der Waals surface area contributed by atoms with E-state index in [0.717, 1.165) is 64.2 Å². The van der Waals surface area contributed by atoms with Crippen molar-refractivity contribution in [3.63, 3.8) is 0 Å². The molecule has 59 heavy (non-hydrogen) atoms. The van der Waals surface area contributed by atoms with Crippen molar-refractivity contribution in [2.24, 2.45) is 0 Å². The van der Waals surface area contributed by atoms with Crippen molar-refractivity contribution in [2.45, 2.75) is 237 Å². The lowest BCUT2D eigenvalue weighted by Gasteiger charge is -2.39. The number of hydrogen-bond acceptors (Lipinski definition) is 9. The summed E-state index contributed by atoms with van der Waals surface area (Å²) in [5, 5.41) is 40.2. The lowest BCUT2D eigenvalue weighted by molar-refractivity contribution is -0.305. The molecule has 9 heteroatoms. The van der Waals surface area contributed by atoms with Crippen LogP contribution in [-0.2, 0) is 23.7 Å². The second-order valence-electron chi connectivity index (χ2n) is 16.5. The fourth-order valence-corrected chi connectivity index (χ4v) is 7.21. The number of carbonyl (C=O) groups excluding carboxylic acids is 1. The topological polar surface area (TPSA) is 135 Å². The van der Waals surface area contributed by atoms with Crippen LogP contribution in [0.2, 0.25) is 0 Å². The zero-order chi connectivity index (χ0) is 42.9. The van der Waals surface area contributed by atoms with Crippen LogP contribution >= 0.6 is 0 Å². The van der Waals surface area contributed by atoms with Crippen LogP contribution in [0.4, 0.5) is 0 Å². The summed E-state index contributed by atoms with van der Waals surface area (Å²) in [5.74, 6) is -0.324. The predicted octanol–water partition coefficient (Wildman–Crippen LogP) is 11.3. The van der Waals surface area contributed by atoms with Crippen molar-refractivity contribution in [3.05, 3.63) is 48.6 Å². The summed E-state index contributed by atoms with van der Waals surface area (Å²) in [6.07, 6.45) is 44.2. The highest BCUT2D eigenvalue weighted by molar-refractivity contribution is 5.69. The Hall–Kier alpha value is -1.85. The molecule has 0 saturated carbocycles. The fraction of sp³-hybridized carbons (Fsp3) is 0.820. The van der Waals surface area contributed by atoms with E-state index in [1.807, 2.05) is 0 Å². The maximum atomic E-state index is 12.8. The summed E-state index contributed by atoms with van der Waals surface area (Å²) in [5.41, 5.74) is 0. The van der Waals surface area contributed by atoms with E-state index in [9.17, 15) is 25.2 Å². The van der Waals surface area contributed by atoms with Crippen LogP contribution in [0.25, 0.3) is 0 Å². The summed E-state index contributed by atoms with van der Waals surface area (Å²) in [6.45, 7) is 4.44. The largest absolute Gasteiger partial charge is 0.457 e. The maximum absolute atomic E-state index is 12.8. The minimum Gasteiger partial charge on any atom is -0.457 e. The molecule has 0 aromatic carbocycles. The molecule has 1 aliphatic rings. The highest BCUT2D eigenvalue weighted by atomic mass is 16.7. The van der Waals surface area contributed by atoms with Crippen molar-refractivity contribution in [2.75, 3.05) is 26.4 Å². The van der Waals surface area contributed by atoms with E-state index in [1.54, 1.807) is 0 Å². The number of ether oxygens (including phenoxy) is 4. The van der Waals surface area contributed by atoms with Gasteiger partial charge in [-0.2, -0.15) is 0 Å². The molecule has 0 aliphatic carbocycles. The van der Waals surface area contributed by atoms with Crippen molar-refractivity contribution >= 4 is 5.97 Å². The summed E-state index contributed by atoms with van der Waals surface area (Å²) in [6, 6.07) is 0. The van der Waals surface area contributed by atoms with Gasteiger partial charge in [0.15, 0.2) is 6.29 Å². The van der Waals surface area contributed by atoms with Crippen LogP contribution in [0.5, 0.6) is 0 Å². The van der Waals surface area contributed by atoms with E-state index in [-0.39, 0.29) is 19.2 Å². The first kappa shape index (κ1) is 55.2. The van der Waals surface area contributed by atoms with Gasteiger partial charge < -0.3 is 39.4 Å². The number of esters is 1. The summed E-state index contributed by atoms with van der Waals surface area (Å²) >= 11 is 0. The van der Waals surface area contributed by atoms with Crippen LogP contribution in [0.15, 0.2) is 48.6 Å². The second-order valence-corrected chi connectivity index (χ2v) is 16.5. The highest BCUT2D eigenvalue weighted by Gasteiger charge is 2.44. The third kappa shape index (κ3) is 32.5. The maximum Gasteiger partial charge on any atom is 0.306 e. The first-order valence-corrected chi connectivity index (χ1v) is 24.2. The smallest absolute Gasteiger partial charge is 0.306 e. The Morgan fingerprint density at radius 3 is 1.58 bits per heavy atom. The summed E-state index contributed by atoms with van der Waals surface area (Å²) in [4.78, 5) is 12.8. The molecule has 0 bridgehead atoms. The van der Waals surface area contributed by atoms with Crippen LogP contribution in [0.3, 0.4) is 0 Å². The Kier molecular flexibility index (Phi) is 38.8. The zero-order valence-electron chi connectivity index (χ0n) is 37.7. The van der Waals surface area contributed by atoms with E-state index in [4.69, 9.17) is 18.9 Å².